The van der Waals surface area contributed by atoms with E-state index in [1.54, 1.807) is 6.20 Å². The minimum atomic E-state index is -4.37. The lowest BCUT2D eigenvalue weighted by Crippen LogP contribution is -2.15. The number of nitrogens with zero attached hydrogens (tertiary/aromatic N) is 1. The van der Waals surface area contributed by atoms with Crippen LogP contribution in [0.15, 0.2) is 36.7 Å². The van der Waals surface area contributed by atoms with Crippen molar-refractivity contribution in [2.45, 2.75) is 12.6 Å². The second-order valence-corrected chi connectivity index (χ2v) is 3.86. The van der Waals surface area contributed by atoms with Crippen molar-refractivity contribution < 1.29 is 18.0 Å². The Balaban J connectivity index is 1.98. The molecule has 0 radical (unpaired) electrons. The van der Waals surface area contributed by atoms with Gasteiger partial charge in [0.2, 0.25) is 11.9 Å². The molecule has 0 unspecified atom stereocenters. The largest absolute Gasteiger partial charge is 0.416 e. The molecule has 0 saturated carbocycles. The maximum absolute atomic E-state index is 12.3. The van der Waals surface area contributed by atoms with E-state index in [1.807, 2.05) is 0 Å². The van der Waals surface area contributed by atoms with Gasteiger partial charge in [-0.1, -0.05) is 12.1 Å². The fourth-order valence-corrected chi connectivity index (χ4v) is 1.51. The van der Waals surface area contributed by atoms with E-state index in [0.29, 0.717) is 11.5 Å². The Kier molecular flexibility index (Phi) is 3.55. The SMILES string of the molecule is O=C(Cc1ccc(C(F)(F)F)cc1)Nc1ncc[nH]1. The summed E-state index contributed by atoms with van der Waals surface area (Å²) < 4.78 is 37.0. The van der Waals surface area contributed by atoms with Gasteiger partial charge in [0.1, 0.15) is 0 Å². The lowest BCUT2D eigenvalue weighted by atomic mass is 10.1. The molecule has 1 heterocycles. The summed E-state index contributed by atoms with van der Waals surface area (Å²) in [5.41, 5.74) is -0.236. The van der Waals surface area contributed by atoms with E-state index in [2.05, 4.69) is 15.3 Å². The number of halogens is 3. The van der Waals surface area contributed by atoms with Crippen LogP contribution in [0.3, 0.4) is 0 Å². The summed E-state index contributed by atoms with van der Waals surface area (Å²) >= 11 is 0. The Labute approximate surface area is 106 Å². The molecule has 100 valence electrons. The molecule has 0 aliphatic heterocycles. The van der Waals surface area contributed by atoms with Crippen molar-refractivity contribution >= 4 is 11.9 Å². The van der Waals surface area contributed by atoms with Gasteiger partial charge < -0.3 is 4.98 Å². The number of H-pyrrole nitrogens is 1. The van der Waals surface area contributed by atoms with Crippen LogP contribution in [0, 0.1) is 0 Å². The molecule has 1 amide bonds. The summed E-state index contributed by atoms with van der Waals surface area (Å²) in [6.07, 6.45) is -1.35. The predicted molar refractivity (Wildman–Crippen MR) is 62.4 cm³/mol. The van der Waals surface area contributed by atoms with Gasteiger partial charge in [0, 0.05) is 12.4 Å². The molecule has 2 rings (SSSR count). The number of carbonyl (C=O) groups is 1. The van der Waals surface area contributed by atoms with Crippen molar-refractivity contribution in [1.29, 1.82) is 0 Å². The summed E-state index contributed by atoms with van der Waals surface area (Å²) in [6.45, 7) is 0. The van der Waals surface area contributed by atoms with Crippen LogP contribution < -0.4 is 5.32 Å². The third kappa shape index (κ3) is 3.57. The number of amides is 1. The molecule has 2 aromatic rings. The molecule has 0 bridgehead atoms. The first kappa shape index (κ1) is 13.1. The Morgan fingerprint density at radius 3 is 2.47 bits per heavy atom. The average Bonchev–Trinajstić information content (AvgIpc) is 2.81. The van der Waals surface area contributed by atoms with Crippen molar-refractivity contribution in [2.75, 3.05) is 5.32 Å². The van der Waals surface area contributed by atoms with Crippen LogP contribution in [0.25, 0.3) is 0 Å². The number of anilines is 1. The van der Waals surface area contributed by atoms with Crippen LogP contribution in [0.4, 0.5) is 19.1 Å². The summed E-state index contributed by atoms with van der Waals surface area (Å²) in [5.74, 6) is -0.0494. The topological polar surface area (TPSA) is 57.8 Å². The number of rotatable bonds is 3. The molecule has 0 saturated heterocycles. The van der Waals surface area contributed by atoms with Crippen LogP contribution in [0.2, 0.25) is 0 Å². The summed E-state index contributed by atoms with van der Waals surface area (Å²) in [4.78, 5) is 18.1. The lowest BCUT2D eigenvalue weighted by molar-refractivity contribution is -0.137. The predicted octanol–water partition coefficient (Wildman–Crippen LogP) is 2.61. The zero-order chi connectivity index (χ0) is 13.9. The second-order valence-electron chi connectivity index (χ2n) is 3.86. The molecule has 1 aromatic carbocycles. The lowest BCUT2D eigenvalue weighted by Gasteiger charge is -2.07. The number of alkyl halides is 3. The minimum absolute atomic E-state index is 0.0150. The Morgan fingerprint density at radius 2 is 1.95 bits per heavy atom. The maximum Gasteiger partial charge on any atom is 0.416 e. The van der Waals surface area contributed by atoms with Crippen LogP contribution in [0.5, 0.6) is 0 Å². The van der Waals surface area contributed by atoms with E-state index < -0.39 is 11.7 Å². The Bertz CT molecular complexity index is 547. The summed E-state index contributed by atoms with van der Waals surface area (Å²) in [5, 5.41) is 2.49. The maximum atomic E-state index is 12.3. The number of aromatic amines is 1. The average molecular weight is 269 g/mol. The monoisotopic (exact) mass is 269 g/mol. The number of aromatic nitrogens is 2. The highest BCUT2D eigenvalue weighted by Crippen LogP contribution is 2.29. The molecular weight excluding hydrogens is 259 g/mol. The van der Waals surface area contributed by atoms with Gasteiger partial charge in [0.25, 0.3) is 0 Å². The molecule has 2 N–H and O–H groups in total. The highest BCUT2D eigenvalue weighted by atomic mass is 19.4. The summed E-state index contributed by atoms with van der Waals surface area (Å²) in [6, 6.07) is 4.47. The molecule has 0 aliphatic carbocycles. The molecule has 7 heteroatoms. The molecule has 4 nitrogen and oxygen atoms in total. The third-order valence-corrected chi connectivity index (χ3v) is 2.40. The van der Waals surface area contributed by atoms with E-state index in [0.717, 1.165) is 12.1 Å². The fraction of sp³-hybridized carbons (Fsp3) is 0.167. The Hall–Kier alpha value is -2.31. The smallest absolute Gasteiger partial charge is 0.331 e. The number of carbonyl (C=O) groups excluding carboxylic acids is 1. The molecule has 1 aromatic heterocycles. The van der Waals surface area contributed by atoms with Gasteiger partial charge in [-0.05, 0) is 17.7 Å². The molecule has 19 heavy (non-hydrogen) atoms. The van der Waals surface area contributed by atoms with Gasteiger partial charge in [-0.25, -0.2) is 4.98 Å². The highest BCUT2D eigenvalue weighted by molar-refractivity contribution is 5.90. The van der Waals surface area contributed by atoms with Crippen LogP contribution in [0.1, 0.15) is 11.1 Å². The van der Waals surface area contributed by atoms with Gasteiger partial charge in [-0.3, -0.25) is 10.1 Å². The van der Waals surface area contributed by atoms with Crippen molar-refractivity contribution in [1.82, 2.24) is 9.97 Å². The Morgan fingerprint density at radius 1 is 1.26 bits per heavy atom. The van der Waals surface area contributed by atoms with Gasteiger partial charge >= 0.3 is 6.18 Å². The molecule has 0 spiro atoms. The number of hydrogen-bond acceptors (Lipinski definition) is 2. The molecule has 0 atom stereocenters. The van der Waals surface area contributed by atoms with Crippen molar-refractivity contribution in [3.05, 3.63) is 47.8 Å². The quantitative estimate of drug-likeness (QED) is 0.899. The first-order valence-corrected chi connectivity index (χ1v) is 5.40. The van der Waals surface area contributed by atoms with E-state index in [4.69, 9.17) is 0 Å². The zero-order valence-electron chi connectivity index (χ0n) is 9.66. The number of nitrogens with one attached hydrogen (secondary N) is 2. The summed E-state index contributed by atoms with van der Waals surface area (Å²) in [7, 11) is 0. The van der Waals surface area contributed by atoms with E-state index in [-0.39, 0.29) is 12.3 Å². The zero-order valence-corrected chi connectivity index (χ0v) is 9.66. The standard InChI is InChI=1S/C12H10F3N3O/c13-12(14,15)9-3-1-8(2-4-9)7-10(19)18-11-16-5-6-17-11/h1-6H,7H2,(H2,16,17,18,19). The van der Waals surface area contributed by atoms with Gasteiger partial charge in [-0.2, -0.15) is 13.2 Å². The molecule has 0 aliphatic rings. The normalized spacial score (nSPS) is 11.3. The molecule has 0 fully saturated rings. The van der Waals surface area contributed by atoms with Crippen molar-refractivity contribution in [3.8, 4) is 0 Å². The number of benzene rings is 1. The van der Waals surface area contributed by atoms with Gasteiger partial charge in [-0.15, -0.1) is 0 Å². The van der Waals surface area contributed by atoms with Crippen LogP contribution >= 0.6 is 0 Å². The first-order valence-electron chi connectivity index (χ1n) is 5.40. The second kappa shape index (κ2) is 5.13. The van der Waals surface area contributed by atoms with E-state index in [9.17, 15) is 18.0 Å². The highest BCUT2D eigenvalue weighted by Gasteiger charge is 2.29. The van der Waals surface area contributed by atoms with Gasteiger partial charge in [0.15, 0.2) is 0 Å². The fourth-order valence-electron chi connectivity index (χ4n) is 1.51. The number of imidazole rings is 1. The van der Waals surface area contributed by atoms with Crippen LogP contribution in [-0.4, -0.2) is 15.9 Å². The van der Waals surface area contributed by atoms with E-state index >= 15 is 0 Å². The van der Waals surface area contributed by atoms with Crippen LogP contribution in [-0.2, 0) is 17.4 Å². The third-order valence-electron chi connectivity index (χ3n) is 2.40. The number of hydrogen-bond donors (Lipinski definition) is 2. The minimum Gasteiger partial charge on any atom is -0.331 e. The van der Waals surface area contributed by atoms with Crippen molar-refractivity contribution in [2.24, 2.45) is 0 Å². The van der Waals surface area contributed by atoms with Gasteiger partial charge in [0.05, 0.1) is 12.0 Å². The first-order chi connectivity index (χ1) is 8.95. The molecular formula is C12H10F3N3O. The van der Waals surface area contributed by atoms with E-state index in [1.165, 1.54) is 18.3 Å². The van der Waals surface area contributed by atoms with Crippen molar-refractivity contribution in [3.63, 3.8) is 0 Å².